The van der Waals surface area contributed by atoms with Gasteiger partial charge < -0.3 is 10.1 Å². The average molecular weight is 371 g/mol. The minimum Gasteiger partial charge on any atom is -0.493 e. The first-order valence-electron chi connectivity index (χ1n) is 6.68. The van der Waals surface area contributed by atoms with E-state index in [1.807, 2.05) is 19.1 Å². The normalized spacial score (nSPS) is 13.0. The summed E-state index contributed by atoms with van der Waals surface area (Å²) in [4.78, 5) is 0. The zero-order valence-electron chi connectivity index (χ0n) is 11.5. The summed E-state index contributed by atoms with van der Waals surface area (Å²) in [6.45, 7) is 3.16. The summed E-state index contributed by atoms with van der Waals surface area (Å²) >= 11 is 9.35. The Balaban J connectivity index is 1.84. The maximum absolute atomic E-state index is 13.4. The fourth-order valence-electron chi connectivity index (χ4n) is 2.50. The van der Waals surface area contributed by atoms with Crippen LogP contribution in [0.25, 0.3) is 0 Å². The van der Waals surface area contributed by atoms with Gasteiger partial charge in [0.15, 0.2) is 0 Å². The van der Waals surface area contributed by atoms with E-state index in [9.17, 15) is 4.39 Å². The van der Waals surface area contributed by atoms with Crippen LogP contribution in [0.1, 0.15) is 16.7 Å². The quantitative estimate of drug-likeness (QED) is 0.812. The summed E-state index contributed by atoms with van der Waals surface area (Å²) in [6, 6.07) is 7.11. The van der Waals surface area contributed by atoms with Crippen LogP contribution in [0.5, 0.6) is 5.75 Å². The van der Waals surface area contributed by atoms with Crippen molar-refractivity contribution in [2.75, 3.05) is 11.9 Å². The second-order valence-corrected chi connectivity index (χ2v) is 6.38. The molecule has 0 atom stereocenters. The molecule has 0 bridgehead atoms. The molecule has 1 N–H and O–H groups in total. The van der Waals surface area contributed by atoms with Crippen molar-refractivity contribution in [3.63, 3.8) is 0 Å². The van der Waals surface area contributed by atoms with Gasteiger partial charge in [-0.05, 0) is 58.2 Å². The monoisotopic (exact) mass is 369 g/mol. The van der Waals surface area contributed by atoms with Gasteiger partial charge in [0.2, 0.25) is 0 Å². The van der Waals surface area contributed by atoms with Crippen molar-refractivity contribution in [3.8, 4) is 5.75 Å². The molecule has 0 unspecified atom stereocenters. The predicted octanol–water partition coefficient (Wildman–Crippen LogP) is 5.10. The van der Waals surface area contributed by atoms with E-state index in [0.717, 1.165) is 34.5 Å². The highest BCUT2D eigenvalue weighted by Gasteiger charge is 2.17. The van der Waals surface area contributed by atoms with Crippen molar-refractivity contribution in [2.24, 2.45) is 0 Å². The standard InChI is InChI=1S/C16H14BrClFNO/c1-9-4-14(19)13(17)7-15(9)20-8-11-6-12(18)5-10-2-3-21-16(10)11/h4-7,20H,2-3,8H2,1H3. The molecule has 2 aromatic rings. The minimum atomic E-state index is -0.259. The zero-order chi connectivity index (χ0) is 15.0. The van der Waals surface area contributed by atoms with Gasteiger partial charge in [0.25, 0.3) is 0 Å². The Morgan fingerprint density at radius 3 is 2.95 bits per heavy atom. The lowest BCUT2D eigenvalue weighted by Crippen LogP contribution is -2.03. The van der Waals surface area contributed by atoms with Gasteiger partial charge in [-0.1, -0.05) is 11.6 Å². The fraction of sp³-hybridized carbons (Fsp3) is 0.250. The maximum atomic E-state index is 13.4. The lowest BCUT2D eigenvalue weighted by Gasteiger charge is -2.13. The van der Waals surface area contributed by atoms with E-state index in [1.165, 1.54) is 6.07 Å². The average Bonchev–Trinajstić information content (AvgIpc) is 2.89. The van der Waals surface area contributed by atoms with Crippen LogP contribution < -0.4 is 10.1 Å². The van der Waals surface area contributed by atoms with Gasteiger partial charge in [-0.2, -0.15) is 0 Å². The summed E-state index contributed by atoms with van der Waals surface area (Å²) < 4.78 is 19.6. The van der Waals surface area contributed by atoms with Gasteiger partial charge in [0, 0.05) is 29.2 Å². The molecular formula is C16H14BrClFNO. The van der Waals surface area contributed by atoms with Crippen LogP contribution in [0, 0.1) is 12.7 Å². The Kier molecular flexibility index (Phi) is 4.09. The molecule has 2 aromatic carbocycles. The molecule has 0 radical (unpaired) electrons. The highest BCUT2D eigenvalue weighted by atomic mass is 79.9. The molecule has 21 heavy (non-hydrogen) atoms. The van der Waals surface area contributed by atoms with E-state index in [0.29, 0.717) is 22.6 Å². The summed E-state index contributed by atoms with van der Waals surface area (Å²) in [5.41, 5.74) is 3.91. The number of hydrogen-bond donors (Lipinski definition) is 1. The summed E-state index contributed by atoms with van der Waals surface area (Å²) in [6.07, 6.45) is 0.893. The maximum Gasteiger partial charge on any atom is 0.137 e. The van der Waals surface area contributed by atoms with Crippen LogP contribution >= 0.6 is 27.5 Å². The lowest BCUT2D eigenvalue weighted by atomic mass is 10.1. The molecule has 5 heteroatoms. The Hall–Kier alpha value is -1.26. The molecule has 0 aliphatic carbocycles. The van der Waals surface area contributed by atoms with Crippen molar-refractivity contribution >= 4 is 33.2 Å². The number of hydrogen-bond acceptors (Lipinski definition) is 2. The highest BCUT2D eigenvalue weighted by molar-refractivity contribution is 9.10. The second kappa shape index (κ2) is 5.85. The largest absolute Gasteiger partial charge is 0.493 e. The molecular weight excluding hydrogens is 357 g/mol. The first-order chi connectivity index (χ1) is 10.0. The number of ether oxygens (including phenoxy) is 1. The van der Waals surface area contributed by atoms with Gasteiger partial charge in [-0.15, -0.1) is 0 Å². The molecule has 2 nitrogen and oxygen atoms in total. The van der Waals surface area contributed by atoms with Crippen LogP contribution in [-0.2, 0) is 13.0 Å². The van der Waals surface area contributed by atoms with Crippen LogP contribution in [-0.4, -0.2) is 6.61 Å². The summed E-state index contributed by atoms with van der Waals surface area (Å²) in [5.74, 6) is 0.663. The molecule has 0 amide bonds. The first kappa shape index (κ1) is 14.7. The third-order valence-corrected chi connectivity index (χ3v) is 4.39. The number of nitrogens with one attached hydrogen (secondary N) is 1. The van der Waals surface area contributed by atoms with Crippen LogP contribution in [0.15, 0.2) is 28.7 Å². The molecule has 110 valence electrons. The fourth-order valence-corrected chi connectivity index (χ4v) is 3.11. The van der Waals surface area contributed by atoms with Gasteiger partial charge in [-0.3, -0.25) is 0 Å². The van der Waals surface area contributed by atoms with Crippen LogP contribution in [0.4, 0.5) is 10.1 Å². The van der Waals surface area contributed by atoms with E-state index in [-0.39, 0.29) is 5.82 Å². The summed E-state index contributed by atoms with van der Waals surface area (Å²) in [5, 5.41) is 4.03. The predicted molar refractivity (Wildman–Crippen MR) is 86.8 cm³/mol. The third-order valence-electron chi connectivity index (χ3n) is 3.56. The minimum absolute atomic E-state index is 0.259. The van der Waals surface area contributed by atoms with Gasteiger partial charge in [0.05, 0.1) is 11.1 Å². The molecule has 1 heterocycles. The molecule has 1 aliphatic rings. The topological polar surface area (TPSA) is 21.3 Å². The number of halogens is 3. The number of rotatable bonds is 3. The molecule has 0 spiro atoms. The van der Waals surface area contributed by atoms with E-state index >= 15 is 0 Å². The van der Waals surface area contributed by atoms with Gasteiger partial charge in [-0.25, -0.2) is 4.39 Å². The number of anilines is 1. The third kappa shape index (κ3) is 3.01. The smallest absolute Gasteiger partial charge is 0.137 e. The Morgan fingerprint density at radius 1 is 1.33 bits per heavy atom. The Morgan fingerprint density at radius 2 is 2.14 bits per heavy atom. The SMILES string of the molecule is Cc1cc(F)c(Br)cc1NCc1cc(Cl)cc2c1OCC2. The van der Waals surface area contributed by atoms with E-state index in [2.05, 4.69) is 21.2 Å². The number of fused-ring (bicyclic) bond motifs is 1. The lowest BCUT2D eigenvalue weighted by molar-refractivity contribution is 0.354. The van der Waals surface area contributed by atoms with Crippen LogP contribution in [0.3, 0.4) is 0 Å². The molecule has 3 rings (SSSR count). The molecule has 0 saturated carbocycles. The highest BCUT2D eigenvalue weighted by Crippen LogP contribution is 2.33. The Bertz CT molecular complexity index is 705. The second-order valence-electron chi connectivity index (χ2n) is 5.09. The molecule has 0 fully saturated rings. The zero-order valence-corrected chi connectivity index (χ0v) is 13.8. The van der Waals surface area contributed by atoms with Gasteiger partial charge in [0.1, 0.15) is 11.6 Å². The van der Waals surface area contributed by atoms with Crippen molar-refractivity contribution < 1.29 is 9.13 Å². The van der Waals surface area contributed by atoms with Crippen molar-refractivity contribution in [1.82, 2.24) is 0 Å². The van der Waals surface area contributed by atoms with Crippen LogP contribution in [0.2, 0.25) is 5.02 Å². The van der Waals surface area contributed by atoms with E-state index in [4.69, 9.17) is 16.3 Å². The molecule has 0 aromatic heterocycles. The van der Waals surface area contributed by atoms with Gasteiger partial charge >= 0.3 is 0 Å². The van der Waals surface area contributed by atoms with Crippen molar-refractivity contribution in [2.45, 2.75) is 19.9 Å². The Labute approximate surface area is 136 Å². The summed E-state index contributed by atoms with van der Waals surface area (Å²) in [7, 11) is 0. The van der Waals surface area contributed by atoms with E-state index < -0.39 is 0 Å². The number of benzene rings is 2. The molecule has 1 aliphatic heterocycles. The van der Waals surface area contributed by atoms with Crippen molar-refractivity contribution in [1.29, 1.82) is 0 Å². The van der Waals surface area contributed by atoms with Crippen molar-refractivity contribution in [3.05, 3.63) is 56.3 Å². The first-order valence-corrected chi connectivity index (χ1v) is 7.85. The molecule has 0 saturated heterocycles. The van der Waals surface area contributed by atoms with E-state index in [1.54, 1.807) is 6.07 Å². The number of aryl methyl sites for hydroxylation is 1.